The van der Waals surface area contributed by atoms with Crippen LogP contribution in [-0.2, 0) is 11.3 Å². The van der Waals surface area contributed by atoms with Crippen LogP contribution in [0.3, 0.4) is 0 Å². The van der Waals surface area contributed by atoms with Gasteiger partial charge in [-0.1, -0.05) is 24.3 Å². The van der Waals surface area contributed by atoms with Crippen molar-refractivity contribution >= 4 is 23.4 Å². The van der Waals surface area contributed by atoms with Crippen molar-refractivity contribution in [2.75, 3.05) is 11.9 Å². The molecule has 0 atom stereocenters. The number of nitrogens with one attached hydrogen (secondary N) is 3. The molecule has 5 aromatic rings. The van der Waals surface area contributed by atoms with Crippen molar-refractivity contribution in [3.05, 3.63) is 76.2 Å². The number of esters is 1. The van der Waals surface area contributed by atoms with Crippen LogP contribution >= 0.6 is 0 Å². The highest BCUT2D eigenvalue weighted by Crippen LogP contribution is 2.39. The van der Waals surface area contributed by atoms with Crippen LogP contribution in [0.15, 0.2) is 53.6 Å². The van der Waals surface area contributed by atoms with Crippen molar-refractivity contribution in [2.24, 2.45) is 0 Å². The molecule has 37 heavy (non-hydrogen) atoms. The number of carbonyl (C=O) groups is 1. The second kappa shape index (κ2) is 8.97. The summed E-state index contributed by atoms with van der Waals surface area (Å²) in [6.07, 6.45) is 5.15. The Balaban J connectivity index is 1.35. The van der Waals surface area contributed by atoms with E-state index in [0.29, 0.717) is 29.0 Å². The SMILES string of the molecule is CCOC(=O)c1cn2c(Nc3cc(C4CC4)[nH]n3)nc(-c3ccc(Cn4c(O)c[nH]c4=O)cc3)cc2n1. The minimum Gasteiger partial charge on any atom is -0.493 e. The number of aromatic amines is 2. The lowest BCUT2D eigenvalue weighted by atomic mass is 10.1. The van der Waals surface area contributed by atoms with Gasteiger partial charge in [-0.25, -0.2) is 19.6 Å². The fourth-order valence-electron chi connectivity index (χ4n) is 4.15. The number of imidazole rings is 2. The van der Waals surface area contributed by atoms with Crippen molar-refractivity contribution < 1.29 is 14.6 Å². The normalized spacial score (nSPS) is 13.2. The molecule has 6 rings (SSSR count). The Morgan fingerprint density at radius 3 is 2.73 bits per heavy atom. The van der Waals surface area contributed by atoms with Crippen LogP contribution in [0, 0.1) is 0 Å². The maximum Gasteiger partial charge on any atom is 0.358 e. The Morgan fingerprint density at radius 1 is 1.22 bits per heavy atom. The number of nitrogens with zero attached hydrogens (tertiary/aromatic N) is 5. The van der Waals surface area contributed by atoms with Crippen molar-refractivity contribution in [1.29, 1.82) is 0 Å². The zero-order valence-corrected chi connectivity index (χ0v) is 19.9. The van der Waals surface area contributed by atoms with Gasteiger partial charge in [0.1, 0.15) is 5.65 Å². The average Bonchev–Trinajstić information content (AvgIpc) is 3.34. The summed E-state index contributed by atoms with van der Waals surface area (Å²) in [5.74, 6) is 0.941. The van der Waals surface area contributed by atoms with Gasteiger partial charge in [-0.3, -0.25) is 14.1 Å². The molecule has 1 aliphatic carbocycles. The summed E-state index contributed by atoms with van der Waals surface area (Å²) in [6.45, 7) is 2.21. The predicted octanol–water partition coefficient (Wildman–Crippen LogP) is 3.16. The van der Waals surface area contributed by atoms with E-state index in [1.165, 1.54) is 10.8 Å². The van der Waals surface area contributed by atoms with Crippen molar-refractivity contribution in [2.45, 2.75) is 32.2 Å². The number of anilines is 2. The van der Waals surface area contributed by atoms with Crippen LogP contribution in [-0.4, -0.2) is 51.8 Å². The predicted molar refractivity (Wildman–Crippen MR) is 134 cm³/mol. The van der Waals surface area contributed by atoms with Gasteiger partial charge in [-0.2, -0.15) is 5.10 Å². The van der Waals surface area contributed by atoms with Crippen LogP contribution in [0.25, 0.3) is 16.9 Å². The lowest BCUT2D eigenvalue weighted by molar-refractivity contribution is 0.0520. The quantitative estimate of drug-likeness (QED) is 0.237. The largest absolute Gasteiger partial charge is 0.493 e. The number of H-pyrrole nitrogens is 2. The van der Waals surface area contributed by atoms with E-state index in [1.54, 1.807) is 23.6 Å². The van der Waals surface area contributed by atoms with E-state index in [1.807, 2.05) is 30.3 Å². The van der Waals surface area contributed by atoms with Gasteiger partial charge in [0.05, 0.1) is 25.0 Å². The van der Waals surface area contributed by atoms with Crippen molar-refractivity contribution in [3.8, 4) is 17.1 Å². The first-order chi connectivity index (χ1) is 18.0. The number of benzene rings is 1. The molecule has 0 aliphatic heterocycles. The van der Waals surface area contributed by atoms with Crippen molar-refractivity contribution in [1.82, 2.24) is 34.1 Å². The van der Waals surface area contributed by atoms with E-state index in [9.17, 15) is 14.7 Å². The Bertz CT molecular complexity index is 1660. The molecule has 1 saturated carbocycles. The van der Waals surface area contributed by atoms with Crippen LogP contribution in [0.2, 0.25) is 0 Å². The topological polar surface area (TPSA) is 155 Å². The highest BCUT2D eigenvalue weighted by atomic mass is 16.5. The first kappa shape index (κ1) is 22.6. The molecule has 0 amide bonds. The van der Waals surface area contributed by atoms with Crippen LogP contribution in [0.1, 0.15) is 47.4 Å². The average molecular weight is 501 g/mol. The second-order valence-corrected chi connectivity index (χ2v) is 8.88. The molecule has 0 spiro atoms. The number of hydrogen-bond acceptors (Lipinski definition) is 8. The van der Waals surface area contributed by atoms with Crippen molar-refractivity contribution in [3.63, 3.8) is 0 Å². The number of rotatable bonds is 8. The second-order valence-electron chi connectivity index (χ2n) is 8.88. The third-order valence-electron chi connectivity index (χ3n) is 6.23. The van der Waals surface area contributed by atoms with Crippen LogP contribution in [0.5, 0.6) is 5.88 Å². The molecule has 4 aromatic heterocycles. The zero-order chi connectivity index (χ0) is 25.5. The number of aromatic hydroxyl groups is 1. The van der Waals surface area contributed by atoms with Gasteiger partial charge < -0.3 is 20.1 Å². The van der Waals surface area contributed by atoms with Gasteiger partial charge in [-0.15, -0.1) is 0 Å². The highest BCUT2D eigenvalue weighted by Gasteiger charge is 2.26. The first-order valence-electron chi connectivity index (χ1n) is 11.9. The molecule has 188 valence electrons. The lowest BCUT2D eigenvalue weighted by Gasteiger charge is -2.10. The zero-order valence-electron chi connectivity index (χ0n) is 19.9. The summed E-state index contributed by atoms with van der Waals surface area (Å²) < 4.78 is 8.05. The molecule has 0 unspecified atom stereocenters. The Morgan fingerprint density at radius 2 is 2.03 bits per heavy atom. The summed E-state index contributed by atoms with van der Waals surface area (Å²) >= 11 is 0. The number of aromatic nitrogens is 7. The summed E-state index contributed by atoms with van der Waals surface area (Å²) in [5, 5.41) is 20.5. The minimum atomic E-state index is -0.512. The summed E-state index contributed by atoms with van der Waals surface area (Å²) in [7, 11) is 0. The standard InChI is InChI=1S/C25H24N8O4/c1-2-37-23(35)19-13-32-21(27-19)10-17(28-24(32)29-20-9-18(30-31-20)16-7-8-16)15-5-3-14(4-6-15)12-33-22(34)11-26-25(33)36/h3-6,9-11,13,16,34H,2,7-8,12H2,1H3,(H,26,36)(H2,28,29,30,31). The van der Waals surface area contributed by atoms with Crippen LogP contribution < -0.4 is 11.0 Å². The number of carbonyl (C=O) groups excluding carboxylic acids is 1. The summed E-state index contributed by atoms with van der Waals surface area (Å²) in [6, 6.07) is 11.2. The third-order valence-corrected chi connectivity index (χ3v) is 6.23. The molecule has 4 N–H and O–H groups in total. The van der Waals surface area contributed by atoms with Gasteiger partial charge in [0, 0.05) is 35.5 Å². The molecular formula is C25H24N8O4. The van der Waals surface area contributed by atoms with E-state index < -0.39 is 5.97 Å². The fraction of sp³-hybridized carbons (Fsp3) is 0.240. The molecule has 1 fully saturated rings. The highest BCUT2D eigenvalue weighted by molar-refractivity contribution is 5.88. The van der Waals surface area contributed by atoms with Gasteiger partial charge in [0.2, 0.25) is 11.8 Å². The van der Waals surface area contributed by atoms with E-state index >= 15 is 0 Å². The Hall–Kier alpha value is -4.87. The molecule has 0 radical (unpaired) electrons. The van der Waals surface area contributed by atoms with Gasteiger partial charge >= 0.3 is 11.7 Å². The monoisotopic (exact) mass is 500 g/mol. The number of hydrogen-bond donors (Lipinski definition) is 4. The Labute approximate surface area is 210 Å². The third kappa shape index (κ3) is 4.44. The number of ether oxygens (including phenoxy) is 1. The smallest absolute Gasteiger partial charge is 0.358 e. The molecule has 0 saturated heterocycles. The minimum absolute atomic E-state index is 0.128. The molecule has 1 aliphatic rings. The number of fused-ring (bicyclic) bond motifs is 1. The fourth-order valence-corrected chi connectivity index (χ4v) is 4.15. The molecule has 12 nitrogen and oxygen atoms in total. The molecular weight excluding hydrogens is 476 g/mol. The van der Waals surface area contributed by atoms with Crippen LogP contribution in [0.4, 0.5) is 11.8 Å². The van der Waals surface area contributed by atoms with Gasteiger partial charge in [-0.05, 0) is 25.3 Å². The van der Waals surface area contributed by atoms with Gasteiger partial charge in [0.15, 0.2) is 11.5 Å². The summed E-state index contributed by atoms with van der Waals surface area (Å²) in [4.78, 5) is 35.9. The maximum atomic E-state index is 12.3. The van der Waals surface area contributed by atoms with E-state index in [0.717, 1.165) is 29.7 Å². The maximum absolute atomic E-state index is 12.3. The van der Waals surface area contributed by atoms with E-state index in [-0.39, 0.29) is 30.4 Å². The molecule has 4 heterocycles. The first-order valence-corrected chi connectivity index (χ1v) is 11.9. The van der Waals surface area contributed by atoms with E-state index in [4.69, 9.17) is 9.72 Å². The Kier molecular flexibility index (Phi) is 5.48. The summed E-state index contributed by atoms with van der Waals surface area (Å²) in [5.41, 5.74) is 3.65. The lowest BCUT2D eigenvalue weighted by Crippen LogP contribution is -2.17. The molecule has 1 aromatic carbocycles. The molecule has 12 heteroatoms. The van der Waals surface area contributed by atoms with Gasteiger partial charge in [0.25, 0.3) is 0 Å². The molecule has 0 bridgehead atoms. The van der Waals surface area contributed by atoms with E-state index in [2.05, 4.69) is 25.5 Å².